The number of hydrogen-bond donors (Lipinski definition) is 2. The minimum absolute atomic E-state index is 0.209. The molecule has 0 bridgehead atoms. The van der Waals surface area contributed by atoms with Crippen LogP contribution in [0.4, 0.5) is 11.4 Å². The number of aromatic nitrogens is 2. The van der Waals surface area contributed by atoms with Crippen LogP contribution in [0.2, 0.25) is 0 Å². The average molecular weight is 410 g/mol. The molecule has 0 radical (unpaired) electrons. The minimum atomic E-state index is -0.313. The smallest absolute Gasteiger partial charge is 0.276 e. The number of anilines is 2. The van der Waals surface area contributed by atoms with Gasteiger partial charge in [0.1, 0.15) is 0 Å². The molecule has 3 aromatic carbocycles. The van der Waals surface area contributed by atoms with E-state index in [1.807, 2.05) is 68.4 Å². The molecule has 2 N–H and O–H groups in total. The van der Waals surface area contributed by atoms with E-state index in [2.05, 4.69) is 15.7 Å². The largest absolute Gasteiger partial charge is 0.322 e. The zero-order valence-corrected chi connectivity index (χ0v) is 17.3. The van der Waals surface area contributed by atoms with E-state index in [-0.39, 0.29) is 11.8 Å². The van der Waals surface area contributed by atoms with Gasteiger partial charge in [0, 0.05) is 22.6 Å². The number of hydrogen-bond acceptors (Lipinski definition) is 3. The Morgan fingerprint density at radius 2 is 1.45 bits per heavy atom. The summed E-state index contributed by atoms with van der Waals surface area (Å²) in [6.45, 7) is 3.80. The third-order valence-electron chi connectivity index (χ3n) is 4.90. The highest BCUT2D eigenvalue weighted by Gasteiger charge is 2.15. The maximum Gasteiger partial charge on any atom is 0.276 e. The van der Waals surface area contributed by atoms with E-state index in [0.717, 1.165) is 16.9 Å². The molecule has 6 nitrogen and oxygen atoms in total. The van der Waals surface area contributed by atoms with Crippen molar-refractivity contribution >= 4 is 23.2 Å². The number of carbonyl (C=O) groups is 2. The van der Waals surface area contributed by atoms with Gasteiger partial charge >= 0.3 is 0 Å². The first-order chi connectivity index (χ1) is 15.0. The Morgan fingerprint density at radius 3 is 2.16 bits per heavy atom. The van der Waals surface area contributed by atoms with Crippen LogP contribution in [0.3, 0.4) is 0 Å². The second-order valence-corrected chi connectivity index (χ2v) is 7.22. The summed E-state index contributed by atoms with van der Waals surface area (Å²) >= 11 is 0. The van der Waals surface area contributed by atoms with Gasteiger partial charge in [-0.25, -0.2) is 4.68 Å². The first kappa shape index (κ1) is 20.1. The second kappa shape index (κ2) is 8.67. The van der Waals surface area contributed by atoms with Crippen LogP contribution in [0.25, 0.3) is 5.69 Å². The van der Waals surface area contributed by atoms with E-state index in [1.54, 1.807) is 35.0 Å². The summed E-state index contributed by atoms with van der Waals surface area (Å²) in [6, 6.07) is 25.8. The lowest BCUT2D eigenvalue weighted by Gasteiger charge is -2.11. The molecule has 1 aromatic heterocycles. The number of rotatable bonds is 5. The van der Waals surface area contributed by atoms with E-state index < -0.39 is 0 Å². The molecule has 0 fully saturated rings. The SMILES string of the molecule is Cc1ccc(NC(=O)c2ccccc2)cc1NC(=O)c1cc(C)n(-c2ccccc2)n1. The minimum Gasteiger partial charge on any atom is -0.322 e. The number of aryl methyl sites for hydroxylation is 2. The van der Waals surface area contributed by atoms with E-state index >= 15 is 0 Å². The van der Waals surface area contributed by atoms with E-state index in [9.17, 15) is 9.59 Å². The first-order valence-corrected chi connectivity index (χ1v) is 9.92. The Kier molecular flexibility index (Phi) is 5.62. The number of carbonyl (C=O) groups excluding carboxylic acids is 2. The molecule has 0 saturated carbocycles. The predicted molar refractivity (Wildman–Crippen MR) is 122 cm³/mol. The van der Waals surface area contributed by atoms with Gasteiger partial charge in [-0.1, -0.05) is 42.5 Å². The molecule has 4 rings (SSSR count). The van der Waals surface area contributed by atoms with Gasteiger partial charge in [-0.2, -0.15) is 5.10 Å². The standard InChI is InChI=1S/C25H22N4O2/c1-17-13-14-20(26-24(30)19-9-5-3-6-10-19)16-22(17)27-25(31)23-15-18(2)29(28-23)21-11-7-4-8-12-21/h3-16H,1-2H3,(H,26,30)(H,27,31). The van der Waals surface area contributed by atoms with Crippen molar-refractivity contribution in [2.75, 3.05) is 10.6 Å². The molecule has 4 aromatic rings. The summed E-state index contributed by atoms with van der Waals surface area (Å²) in [5.41, 5.74) is 4.72. The number of benzene rings is 3. The molecule has 154 valence electrons. The molecule has 0 aliphatic rings. The summed E-state index contributed by atoms with van der Waals surface area (Å²) < 4.78 is 1.73. The Morgan fingerprint density at radius 1 is 0.774 bits per heavy atom. The van der Waals surface area contributed by atoms with Gasteiger partial charge in [0.15, 0.2) is 5.69 Å². The molecule has 31 heavy (non-hydrogen) atoms. The van der Waals surface area contributed by atoms with Crippen LogP contribution in [-0.4, -0.2) is 21.6 Å². The highest BCUT2D eigenvalue weighted by Crippen LogP contribution is 2.22. The predicted octanol–water partition coefficient (Wildman–Crippen LogP) is 4.99. The molecular formula is C25H22N4O2. The molecule has 0 saturated heterocycles. The Balaban J connectivity index is 1.52. The molecule has 0 aliphatic carbocycles. The molecule has 0 spiro atoms. The van der Waals surface area contributed by atoms with Crippen molar-refractivity contribution in [3.05, 3.63) is 107 Å². The van der Waals surface area contributed by atoms with Gasteiger partial charge in [0.05, 0.1) is 5.69 Å². The van der Waals surface area contributed by atoms with Gasteiger partial charge in [-0.3, -0.25) is 9.59 Å². The topological polar surface area (TPSA) is 76.0 Å². The normalized spacial score (nSPS) is 10.5. The number of nitrogens with one attached hydrogen (secondary N) is 2. The zero-order valence-electron chi connectivity index (χ0n) is 17.3. The van der Waals surface area contributed by atoms with Crippen molar-refractivity contribution in [3.63, 3.8) is 0 Å². The Hall–Kier alpha value is -4.19. The van der Waals surface area contributed by atoms with Crippen LogP contribution in [0.5, 0.6) is 0 Å². The fourth-order valence-electron chi connectivity index (χ4n) is 3.23. The molecule has 0 aliphatic heterocycles. The van der Waals surface area contributed by atoms with Crippen molar-refractivity contribution in [1.29, 1.82) is 0 Å². The van der Waals surface area contributed by atoms with Gasteiger partial charge in [0.2, 0.25) is 0 Å². The van der Waals surface area contributed by atoms with Gasteiger partial charge in [-0.15, -0.1) is 0 Å². The maximum atomic E-state index is 12.8. The lowest BCUT2D eigenvalue weighted by Crippen LogP contribution is -2.15. The second-order valence-electron chi connectivity index (χ2n) is 7.22. The summed E-state index contributed by atoms with van der Waals surface area (Å²) in [6.07, 6.45) is 0. The summed E-state index contributed by atoms with van der Waals surface area (Å²) in [7, 11) is 0. The fourth-order valence-corrected chi connectivity index (χ4v) is 3.23. The monoisotopic (exact) mass is 410 g/mol. The number of nitrogens with zero attached hydrogens (tertiary/aromatic N) is 2. The average Bonchev–Trinajstić information content (AvgIpc) is 3.19. The van der Waals surface area contributed by atoms with Crippen molar-refractivity contribution in [1.82, 2.24) is 9.78 Å². The van der Waals surface area contributed by atoms with Crippen LogP contribution < -0.4 is 10.6 Å². The third kappa shape index (κ3) is 4.53. The molecule has 6 heteroatoms. The molecule has 1 heterocycles. The zero-order chi connectivity index (χ0) is 21.8. The van der Waals surface area contributed by atoms with Crippen LogP contribution in [0.1, 0.15) is 32.1 Å². The molecule has 0 atom stereocenters. The van der Waals surface area contributed by atoms with Gasteiger partial charge in [-0.05, 0) is 61.9 Å². The maximum absolute atomic E-state index is 12.8. The summed E-state index contributed by atoms with van der Waals surface area (Å²) in [5, 5.41) is 10.2. The highest BCUT2D eigenvalue weighted by molar-refractivity contribution is 6.06. The first-order valence-electron chi connectivity index (χ1n) is 9.92. The highest BCUT2D eigenvalue weighted by atomic mass is 16.2. The molecular weight excluding hydrogens is 388 g/mol. The van der Waals surface area contributed by atoms with E-state index in [1.165, 1.54) is 0 Å². The molecule has 2 amide bonds. The lowest BCUT2D eigenvalue weighted by atomic mass is 10.1. The van der Waals surface area contributed by atoms with Crippen molar-refractivity contribution in [2.24, 2.45) is 0 Å². The summed E-state index contributed by atoms with van der Waals surface area (Å²) in [4.78, 5) is 25.3. The lowest BCUT2D eigenvalue weighted by molar-refractivity contribution is 0.101. The van der Waals surface area contributed by atoms with Crippen molar-refractivity contribution < 1.29 is 9.59 Å². The van der Waals surface area contributed by atoms with Crippen LogP contribution in [-0.2, 0) is 0 Å². The summed E-state index contributed by atoms with van der Waals surface area (Å²) in [5.74, 6) is -0.522. The van der Waals surface area contributed by atoms with E-state index in [4.69, 9.17) is 0 Å². The van der Waals surface area contributed by atoms with Gasteiger partial charge in [0.25, 0.3) is 11.8 Å². The third-order valence-corrected chi connectivity index (χ3v) is 4.90. The molecule has 0 unspecified atom stereocenters. The van der Waals surface area contributed by atoms with Crippen molar-refractivity contribution in [2.45, 2.75) is 13.8 Å². The van der Waals surface area contributed by atoms with Crippen LogP contribution in [0.15, 0.2) is 84.9 Å². The number of amides is 2. The Labute approximate surface area is 180 Å². The van der Waals surface area contributed by atoms with Gasteiger partial charge < -0.3 is 10.6 Å². The fraction of sp³-hybridized carbons (Fsp3) is 0.0800. The Bertz CT molecular complexity index is 1230. The van der Waals surface area contributed by atoms with E-state index in [0.29, 0.717) is 22.6 Å². The van der Waals surface area contributed by atoms with Crippen LogP contribution >= 0.6 is 0 Å². The quantitative estimate of drug-likeness (QED) is 0.486. The number of para-hydroxylation sites is 1. The van der Waals surface area contributed by atoms with Crippen LogP contribution in [0, 0.1) is 13.8 Å². The van der Waals surface area contributed by atoms with Crippen molar-refractivity contribution in [3.8, 4) is 5.69 Å².